The van der Waals surface area contributed by atoms with Crippen LogP contribution in [0.15, 0.2) is 84.9 Å². The molecule has 41 heavy (non-hydrogen) atoms. The average Bonchev–Trinajstić information content (AvgIpc) is 2.91. The summed E-state index contributed by atoms with van der Waals surface area (Å²) < 4.78 is 112. The van der Waals surface area contributed by atoms with E-state index in [0.717, 1.165) is 53.4 Å². The highest BCUT2D eigenvalue weighted by Gasteiger charge is 2.24. The predicted octanol–water partition coefficient (Wildman–Crippen LogP) is 9.57. The molecule has 5 aromatic rings. The van der Waals surface area contributed by atoms with Crippen molar-refractivity contribution in [3.63, 3.8) is 0 Å². The van der Waals surface area contributed by atoms with Crippen molar-refractivity contribution in [1.29, 1.82) is 0 Å². The quantitative estimate of drug-likeness (QED) is 0.147. The summed E-state index contributed by atoms with van der Waals surface area (Å²) in [4.78, 5) is 0. The normalized spacial score (nSPS) is 11.4. The van der Waals surface area contributed by atoms with Crippen LogP contribution in [-0.2, 0) is 12.8 Å². The molecule has 0 aliphatic carbocycles. The van der Waals surface area contributed by atoms with Gasteiger partial charge in [0.2, 0.25) is 0 Å². The third kappa shape index (κ3) is 6.09. The van der Waals surface area contributed by atoms with Crippen LogP contribution < -0.4 is 0 Å². The van der Waals surface area contributed by atoms with E-state index in [1.54, 1.807) is 6.07 Å². The van der Waals surface area contributed by atoms with Crippen LogP contribution in [0.3, 0.4) is 0 Å². The molecule has 0 spiro atoms. The number of fused-ring (bicyclic) bond motifs is 1. The van der Waals surface area contributed by atoms with Crippen LogP contribution in [-0.4, -0.2) is 6.18 Å². The minimum Gasteiger partial charge on any atom is -0.206 e. The van der Waals surface area contributed by atoms with Crippen LogP contribution in [0.25, 0.3) is 33.0 Å². The fourth-order valence-electron chi connectivity index (χ4n) is 4.62. The van der Waals surface area contributed by atoms with Crippen molar-refractivity contribution in [3.05, 3.63) is 131 Å². The molecule has 0 atom stereocenters. The Morgan fingerprint density at radius 2 is 1.27 bits per heavy atom. The maximum Gasteiger partial charge on any atom is 0.458 e. The van der Waals surface area contributed by atoms with Gasteiger partial charge in [-0.25, -0.2) is 22.0 Å². The number of alkyl halides is 3. The zero-order chi connectivity index (χ0) is 29.3. The molecular weight excluding hydrogens is 548 g/mol. The van der Waals surface area contributed by atoms with Gasteiger partial charge >= 0.3 is 6.18 Å². The number of hydrogen-bond acceptors (Lipinski definition) is 0. The minimum absolute atomic E-state index is 0.00652. The first-order chi connectivity index (χ1) is 19.5. The molecule has 0 unspecified atom stereocenters. The molecule has 0 saturated heterocycles. The molecule has 8 heteroatoms. The molecule has 0 fully saturated rings. The van der Waals surface area contributed by atoms with E-state index in [1.807, 2.05) is 30.3 Å². The minimum atomic E-state index is -4.95. The van der Waals surface area contributed by atoms with Crippen LogP contribution in [0.2, 0.25) is 0 Å². The first-order valence-corrected chi connectivity index (χ1v) is 12.3. The molecule has 0 aromatic heterocycles. The van der Waals surface area contributed by atoms with Crippen LogP contribution in [0.4, 0.5) is 35.1 Å². The van der Waals surface area contributed by atoms with Crippen LogP contribution >= 0.6 is 0 Å². The Balaban J connectivity index is 1.45. The van der Waals surface area contributed by atoms with Gasteiger partial charge in [0.1, 0.15) is 29.1 Å². The second-order valence-electron chi connectivity index (χ2n) is 9.35. The third-order valence-corrected chi connectivity index (χ3v) is 6.58. The number of rotatable bonds is 5. The molecule has 0 heterocycles. The zero-order valence-electron chi connectivity index (χ0n) is 21.0. The van der Waals surface area contributed by atoms with Crippen molar-refractivity contribution in [3.8, 4) is 34.1 Å². The summed E-state index contributed by atoms with van der Waals surface area (Å²) in [5, 5.41) is -0.427. The van der Waals surface area contributed by atoms with Gasteiger partial charge in [-0.05, 0) is 70.8 Å². The van der Waals surface area contributed by atoms with E-state index < -0.39 is 46.4 Å². The average molecular weight is 566 g/mol. The lowest BCUT2D eigenvalue weighted by Crippen LogP contribution is -2.02. The summed E-state index contributed by atoms with van der Waals surface area (Å²) in [7, 11) is 0. The summed E-state index contributed by atoms with van der Waals surface area (Å²) >= 11 is 0. The van der Waals surface area contributed by atoms with Crippen molar-refractivity contribution in [2.75, 3.05) is 0 Å². The van der Waals surface area contributed by atoms with Crippen molar-refractivity contribution >= 4 is 10.8 Å². The van der Waals surface area contributed by atoms with E-state index in [9.17, 15) is 26.3 Å². The molecule has 0 aliphatic rings. The van der Waals surface area contributed by atoms with Crippen LogP contribution in [0.5, 0.6) is 0 Å². The first kappa shape index (κ1) is 27.9. The highest BCUT2D eigenvalue weighted by atomic mass is 19.4. The molecule has 0 bridgehead atoms. The Hall–Kier alpha value is -4.64. The standard InChI is InChI=1S/C33H18F8/c34-27-14-20(7-6-19-4-2-1-3-5-19)8-10-24(27)23-17-29(36)31(30(37)18-23)21-9-11-25-22(15-21)16-28(35)26(32(25)38)12-13-33(39,40)41/h1-5,8-11,14-18H,6-7H2. The van der Waals surface area contributed by atoms with Gasteiger partial charge in [0.25, 0.3) is 0 Å². The lowest BCUT2D eigenvalue weighted by atomic mass is 9.95. The lowest BCUT2D eigenvalue weighted by Gasteiger charge is -2.12. The molecule has 0 radical (unpaired) electrons. The number of benzene rings is 5. The number of aryl methyl sites for hydroxylation is 2. The molecule has 0 N–H and O–H groups in total. The monoisotopic (exact) mass is 566 g/mol. The van der Waals surface area contributed by atoms with Crippen molar-refractivity contribution in [2.24, 2.45) is 0 Å². The molecule has 0 aliphatic heterocycles. The topological polar surface area (TPSA) is 0 Å². The summed E-state index contributed by atoms with van der Waals surface area (Å²) in [5.41, 5.74) is 0.0928. The van der Waals surface area contributed by atoms with Crippen molar-refractivity contribution < 1.29 is 35.1 Å². The Labute approximate surface area is 229 Å². The van der Waals surface area contributed by atoms with Gasteiger partial charge in [-0.1, -0.05) is 60.5 Å². The van der Waals surface area contributed by atoms with Gasteiger partial charge in [0, 0.05) is 16.9 Å². The second-order valence-corrected chi connectivity index (χ2v) is 9.35. The SMILES string of the molecule is Fc1cc(CCc2ccccc2)ccc1-c1cc(F)c(-c2ccc3c(F)c(C#CC(F)(F)F)c(F)cc3c2)c(F)c1. The Bertz CT molecular complexity index is 1800. The van der Waals surface area contributed by atoms with Crippen LogP contribution in [0.1, 0.15) is 16.7 Å². The van der Waals surface area contributed by atoms with E-state index in [1.165, 1.54) is 18.1 Å². The van der Waals surface area contributed by atoms with E-state index in [0.29, 0.717) is 12.8 Å². The Kier molecular flexibility index (Phi) is 7.55. The molecule has 5 rings (SSSR count). The van der Waals surface area contributed by atoms with E-state index in [-0.39, 0.29) is 27.5 Å². The summed E-state index contributed by atoms with van der Waals surface area (Å²) in [5.74, 6) is -3.16. The van der Waals surface area contributed by atoms with Gasteiger partial charge in [-0.15, -0.1) is 0 Å². The van der Waals surface area contributed by atoms with E-state index >= 15 is 8.78 Å². The van der Waals surface area contributed by atoms with Crippen LogP contribution in [0, 0.1) is 40.9 Å². The van der Waals surface area contributed by atoms with Gasteiger partial charge in [-0.2, -0.15) is 13.2 Å². The maximum atomic E-state index is 15.2. The Morgan fingerprint density at radius 3 is 1.93 bits per heavy atom. The van der Waals surface area contributed by atoms with Crippen molar-refractivity contribution in [2.45, 2.75) is 19.0 Å². The maximum absolute atomic E-state index is 15.2. The van der Waals surface area contributed by atoms with Gasteiger partial charge in [0.05, 0.1) is 11.1 Å². The lowest BCUT2D eigenvalue weighted by molar-refractivity contribution is -0.0696. The molecule has 0 saturated carbocycles. The fourth-order valence-corrected chi connectivity index (χ4v) is 4.62. The second kappa shape index (κ2) is 11.1. The molecular formula is C33H18F8. The largest absolute Gasteiger partial charge is 0.458 e. The summed E-state index contributed by atoms with van der Waals surface area (Å²) in [6.07, 6.45) is -3.69. The molecule has 206 valence electrons. The first-order valence-electron chi connectivity index (χ1n) is 12.3. The molecule has 0 nitrogen and oxygen atoms in total. The van der Waals surface area contributed by atoms with Gasteiger partial charge in [0.15, 0.2) is 0 Å². The highest BCUT2D eigenvalue weighted by molar-refractivity contribution is 5.89. The van der Waals surface area contributed by atoms with E-state index in [4.69, 9.17) is 0 Å². The third-order valence-electron chi connectivity index (χ3n) is 6.58. The fraction of sp³-hybridized carbons (Fsp3) is 0.0909. The zero-order valence-corrected chi connectivity index (χ0v) is 21.0. The number of halogens is 8. The smallest absolute Gasteiger partial charge is 0.206 e. The Morgan fingerprint density at radius 1 is 0.585 bits per heavy atom. The molecule has 5 aromatic carbocycles. The van der Waals surface area contributed by atoms with Crippen molar-refractivity contribution in [1.82, 2.24) is 0 Å². The highest BCUT2D eigenvalue weighted by Crippen LogP contribution is 2.35. The van der Waals surface area contributed by atoms with Gasteiger partial charge < -0.3 is 0 Å². The van der Waals surface area contributed by atoms with Gasteiger partial charge in [-0.3, -0.25) is 0 Å². The number of hydrogen-bond donors (Lipinski definition) is 0. The predicted molar refractivity (Wildman–Crippen MR) is 141 cm³/mol. The molecule has 0 amide bonds. The summed E-state index contributed by atoms with van der Waals surface area (Å²) in [6.45, 7) is 0. The van der Waals surface area contributed by atoms with E-state index in [2.05, 4.69) is 0 Å². The summed E-state index contributed by atoms with van der Waals surface area (Å²) in [6, 6.07) is 20.1.